The number of nitrogens with zero attached hydrogens (tertiary/aromatic N) is 9. The number of rotatable bonds is 54. The average molecular weight is 1780 g/mol. The summed E-state index contributed by atoms with van der Waals surface area (Å²) in [6, 6.07) is 39.9. The van der Waals surface area contributed by atoms with E-state index in [0.717, 1.165) is 146 Å². The second kappa shape index (κ2) is 59.4. The maximum Gasteiger partial charge on any atom is 0.407 e. The van der Waals surface area contributed by atoms with Crippen LogP contribution in [0.2, 0.25) is 0 Å². The first-order chi connectivity index (χ1) is 59.6. The standard InChI is InChI=1S/C33H38ClN5O5.C31H43ClN4O6.C26H34ClN3O6S/c1-39(16-19-43-33(40)36-15-18-42-21-20-41-17-7-3-2-6-14-34)28-12-13-29-25(23-28)10-11-27(37-29)22-26(24-35)32-38-30-8-4-5-9-31(30)44-32;1-31(2,3)42-29(37)25(23-33)21-26-10-9-24-22-27(11-12-28(24)35-26)36(4)15-18-41-30(38)34-14-17-40-20-19-39-16-8-6-5-7-13-32;1-30(22-7-6-20-16-23(37-24(20)18-22)17-21(19-28)25(31)32)10-13-36-26(33)29-9-12-35-15-14-34-11-5-3-2-4-8-27/h4-5,8-13,22-23H,2-3,6-7,14-21H2,1H3,(H,36,40);9-12,21-22H,5-8,13-20H2,1-4H3,(H,34,38);6-7,16-18H,2-5,8-15H2,1H3,(H,29,33)(H,31,32)/b26-22+;25-21+;21-17+. The predicted octanol–water partition coefficient (Wildman–Crippen LogP) is 16.8. The molecule has 4 aromatic carbocycles. The first-order valence-electron chi connectivity index (χ1n) is 41.2. The van der Waals surface area contributed by atoms with E-state index in [9.17, 15) is 34.5 Å². The lowest BCUT2D eigenvalue weighted by atomic mass is 10.1. The van der Waals surface area contributed by atoms with Gasteiger partial charge in [0, 0.05) is 116 Å². The van der Waals surface area contributed by atoms with Gasteiger partial charge in [0.1, 0.15) is 65.9 Å². The average Bonchev–Trinajstić information content (AvgIpc) is 1.74. The number of amides is 3. The Morgan fingerprint density at radius 2 is 0.870 bits per heavy atom. The molecule has 4 aromatic heterocycles. The Balaban J connectivity index is 0.000000287. The Bertz CT molecular complexity index is 4740. The summed E-state index contributed by atoms with van der Waals surface area (Å²) in [6.07, 6.45) is 16.0. The molecular formula is C90H115Cl3N12O17S. The van der Waals surface area contributed by atoms with E-state index in [4.69, 9.17) is 97.0 Å². The number of carbonyl (C=O) groups excluding carboxylic acids is 4. The van der Waals surface area contributed by atoms with E-state index in [1.807, 2.05) is 145 Å². The van der Waals surface area contributed by atoms with Gasteiger partial charge in [-0.25, -0.2) is 38.9 Å². The number of hydrogen-bond donors (Lipinski definition) is 4. The lowest BCUT2D eigenvalue weighted by Gasteiger charge is -2.20. The zero-order chi connectivity index (χ0) is 88.7. The van der Waals surface area contributed by atoms with Crippen molar-refractivity contribution in [1.29, 1.82) is 15.8 Å². The lowest BCUT2D eigenvalue weighted by Crippen LogP contribution is -2.31. The Kier molecular flexibility index (Phi) is 49.0. The summed E-state index contributed by atoms with van der Waals surface area (Å²) in [7, 11) is 5.73. The highest BCUT2D eigenvalue weighted by atomic mass is 35.5. The number of hydrogen-bond acceptors (Lipinski definition) is 26. The number of anilines is 3. The number of alkyl carbamates (subject to hydrolysis) is 3. The smallest absolute Gasteiger partial charge is 0.407 e. The molecule has 0 saturated carbocycles. The van der Waals surface area contributed by atoms with Crippen molar-refractivity contribution in [3.8, 4) is 18.2 Å². The Hall–Kier alpha value is -10.4. The number of nitrogens with one attached hydrogen (secondary N) is 3. The number of aliphatic carboxylic acids is 1. The van der Waals surface area contributed by atoms with Crippen LogP contribution in [0.3, 0.4) is 0 Å². The number of ether oxygens (including phenoxy) is 10. The van der Waals surface area contributed by atoms with E-state index in [1.54, 1.807) is 39.0 Å². The monoisotopic (exact) mass is 1770 g/mol. The van der Waals surface area contributed by atoms with Crippen LogP contribution < -0.4 is 30.7 Å². The first kappa shape index (κ1) is 101. The molecule has 0 atom stereocenters. The van der Waals surface area contributed by atoms with Crippen molar-refractivity contribution in [2.45, 2.75) is 103 Å². The van der Waals surface area contributed by atoms with Gasteiger partial charge >= 0.3 is 30.2 Å². The van der Waals surface area contributed by atoms with Crippen LogP contribution in [0.5, 0.6) is 0 Å². The fourth-order valence-electron chi connectivity index (χ4n) is 11.4. The van der Waals surface area contributed by atoms with Crippen molar-refractivity contribution in [2.24, 2.45) is 0 Å². The molecule has 0 unspecified atom stereocenters. The summed E-state index contributed by atoms with van der Waals surface area (Å²) < 4.78 is 60.7. The molecule has 123 heavy (non-hydrogen) atoms. The number of aromatic nitrogens is 3. The number of nitriles is 3. The third-order valence-corrected chi connectivity index (χ3v) is 19.8. The van der Waals surface area contributed by atoms with Crippen molar-refractivity contribution in [3.05, 3.63) is 142 Å². The van der Waals surface area contributed by atoms with E-state index in [2.05, 4.69) is 37.0 Å². The number of para-hydroxylation sites is 2. The number of benzene rings is 4. The zero-order valence-electron chi connectivity index (χ0n) is 71.1. The van der Waals surface area contributed by atoms with Gasteiger partial charge in [-0.2, -0.15) is 15.8 Å². The van der Waals surface area contributed by atoms with Crippen LogP contribution in [0.1, 0.15) is 120 Å². The predicted molar refractivity (Wildman–Crippen MR) is 484 cm³/mol. The number of carbonyl (C=O) groups is 5. The number of allylic oxidation sites excluding steroid dienone is 1. The molecule has 0 aliphatic heterocycles. The molecule has 8 rings (SSSR count). The maximum absolute atomic E-state index is 12.3. The van der Waals surface area contributed by atoms with E-state index in [1.165, 1.54) is 23.5 Å². The highest BCUT2D eigenvalue weighted by Gasteiger charge is 2.21. The minimum Gasteiger partial charge on any atom is -0.477 e. The molecule has 4 heterocycles. The maximum atomic E-state index is 12.3. The fraction of sp³-hybridized carbons (Fsp3) is 0.478. The molecule has 0 bridgehead atoms. The molecular weight excluding hydrogens is 1660 g/mol. The number of carboxylic acid groups (broad SMARTS) is 1. The minimum absolute atomic E-state index is 0.116. The highest BCUT2D eigenvalue weighted by Crippen LogP contribution is 2.32. The second-order valence-electron chi connectivity index (χ2n) is 28.8. The number of fused-ring (bicyclic) bond motifs is 4. The number of alkyl halides is 3. The minimum atomic E-state index is -1.25. The SMILES string of the molecule is CN(CCOC(=O)NCCOCCOCCCCCCCl)c1ccc2cc(/C=C(\C#N)C(=O)O)sc2c1.CN(CCOC(=O)NCCOCCOCCCCCCCl)c1ccc2nc(/C=C(\C#N)C(=O)OC(C)(C)C)ccc2c1.CN(CCOC(=O)NCCOCCOCCCCCCCl)c1ccc2nc(/C=C(\C#N)c3nc4ccccc4o3)ccc2c1. The van der Waals surface area contributed by atoms with Gasteiger partial charge in [-0.15, -0.1) is 46.1 Å². The number of likely N-dealkylation sites (N-methyl/N-ethyl adjacent to an activating group) is 3. The van der Waals surface area contributed by atoms with Crippen molar-refractivity contribution < 1.29 is 80.9 Å². The number of halogens is 3. The molecule has 664 valence electrons. The second-order valence-corrected chi connectivity index (χ2v) is 31.1. The van der Waals surface area contributed by atoms with Crippen molar-refractivity contribution in [1.82, 2.24) is 30.9 Å². The summed E-state index contributed by atoms with van der Waals surface area (Å²) in [6.45, 7) is 14.9. The van der Waals surface area contributed by atoms with Gasteiger partial charge in [0.2, 0.25) is 5.89 Å². The van der Waals surface area contributed by atoms with Crippen molar-refractivity contribution in [3.63, 3.8) is 0 Å². The van der Waals surface area contributed by atoms with Gasteiger partial charge < -0.3 is 87.5 Å². The molecule has 0 radical (unpaired) electrons. The van der Waals surface area contributed by atoms with Gasteiger partial charge in [-0.1, -0.05) is 68.9 Å². The van der Waals surface area contributed by atoms with Crippen LogP contribution in [-0.2, 0) is 57.0 Å². The Morgan fingerprint density at radius 3 is 1.29 bits per heavy atom. The van der Waals surface area contributed by atoms with Crippen molar-refractivity contribution in [2.75, 3.05) is 192 Å². The summed E-state index contributed by atoms with van der Waals surface area (Å²) >= 11 is 18.4. The van der Waals surface area contributed by atoms with Crippen LogP contribution in [0.25, 0.3) is 66.8 Å². The molecule has 8 aromatic rings. The third-order valence-electron chi connectivity index (χ3n) is 18.0. The molecule has 4 N–H and O–H groups in total. The van der Waals surface area contributed by atoms with E-state index < -0.39 is 35.8 Å². The topological polar surface area (TPSA) is 367 Å². The number of oxazole rings is 1. The normalized spacial score (nSPS) is 11.5. The lowest BCUT2D eigenvalue weighted by molar-refractivity contribution is -0.149. The molecule has 0 saturated heterocycles. The highest BCUT2D eigenvalue weighted by molar-refractivity contribution is 7.19. The number of esters is 1. The number of pyridine rings is 2. The van der Waals surface area contributed by atoms with Crippen molar-refractivity contribution >= 4 is 160 Å². The van der Waals surface area contributed by atoms with E-state index in [0.29, 0.717) is 149 Å². The largest absolute Gasteiger partial charge is 0.477 e. The number of thiophene rings is 1. The summed E-state index contributed by atoms with van der Waals surface area (Å²) in [4.78, 5) is 79.4. The molecule has 0 aliphatic carbocycles. The van der Waals surface area contributed by atoms with Crippen LogP contribution in [0, 0.1) is 34.0 Å². The third kappa shape index (κ3) is 41.1. The number of unbranched alkanes of at least 4 members (excludes halogenated alkanes) is 9. The fourth-order valence-corrected chi connectivity index (χ4v) is 13.0. The first-order valence-corrected chi connectivity index (χ1v) is 43.6. The van der Waals surface area contributed by atoms with E-state index >= 15 is 0 Å². The Labute approximate surface area is 739 Å². The molecule has 0 aliphatic rings. The molecule has 29 nitrogen and oxygen atoms in total. The molecule has 0 spiro atoms. The molecule has 0 fully saturated rings. The quantitative estimate of drug-likeness (QED) is 0.00687. The van der Waals surface area contributed by atoms with Gasteiger partial charge in [0.15, 0.2) is 5.58 Å². The van der Waals surface area contributed by atoms with Gasteiger partial charge in [-0.3, -0.25) is 0 Å². The summed E-state index contributed by atoms with van der Waals surface area (Å²) in [5, 5.41) is 47.9. The van der Waals surface area contributed by atoms with Gasteiger partial charge in [0.05, 0.1) is 102 Å². The van der Waals surface area contributed by atoms with Gasteiger partial charge in [-0.05, 0) is 162 Å². The molecule has 3 amide bonds. The summed E-state index contributed by atoms with van der Waals surface area (Å²) in [5.74, 6) is 0.474. The van der Waals surface area contributed by atoms with Crippen LogP contribution in [0.4, 0.5) is 31.4 Å². The van der Waals surface area contributed by atoms with Crippen LogP contribution in [-0.4, -0.2) is 233 Å². The molecule has 33 heteroatoms. The van der Waals surface area contributed by atoms with Crippen LogP contribution >= 0.6 is 46.1 Å². The van der Waals surface area contributed by atoms with Crippen LogP contribution in [0.15, 0.2) is 125 Å². The zero-order valence-corrected chi connectivity index (χ0v) is 74.2. The summed E-state index contributed by atoms with van der Waals surface area (Å²) in [5.41, 5.74) is 5.92. The Morgan fingerprint density at radius 1 is 0.455 bits per heavy atom. The number of carboxylic acids is 1. The van der Waals surface area contributed by atoms with Gasteiger partial charge in [0.25, 0.3) is 0 Å². The van der Waals surface area contributed by atoms with E-state index in [-0.39, 0.29) is 36.9 Å².